The van der Waals surface area contributed by atoms with Crippen LogP contribution < -0.4 is 15.5 Å². The summed E-state index contributed by atoms with van der Waals surface area (Å²) < 4.78 is 47.7. The smallest absolute Gasteiger partial charge is 0.455 e. The number of rotatable bonds is 12. The van der Waals surface area contributed by atoms with Crippen LogP contribution in [-0.4, -0.2) is 46.0 Å². The topological polar surface area (TPSA) is 143 Å². The lowest BCUT2D eigenvalue weighted by Gasteiger charge is -2.15. The number of alkyl halides is 3. The van der Waals surface area contributed by atoms with Crippen molar-refractivity contribution in [1.82, 2.24) is 15.2 Å². The van der Waals surface area contributed by atoms with Crippen molar-refractivity contribution in [2.24, 2.45) is 23.1 Å². The first-order valence-corrected chi connectivity index (χ1v) is 16.3. The fourth-order valence-electron chi connectivity index (χ4n) is 4.95. The maximum Gasteiger partial charge on any atom is 0.573 e. The number of aromatic nitrogens is 2. The number of aliphatic imine (C=N–C) groups is 1. The molecule has 0 saturated heterocycles. The highest BCUT2D eigenvalue weighted by molar-refractivity contribution is 7.80. The van der Waals surface area contributed by atoms with Gasteiger partial charge in [0.1, 0.15) is 40.7 Å². The third-order valence-corrected chi connectivity index (χ3v) is 7.63. The molecule has 1 amide bonds. The summed E-state index contributed by atoms with van der Waals surface area (Å²) in [7, 11) is 1.55. The molecule has 1 aromatic heterocycles. The van der Waals surface area contributed by atoms with Crippen molar-refractivity contribution < 1.29 is 32.2 Å². The van der Waals surface area contributed by atoms with Gasteiger partial charge in [0.25, 0.3) is 5.91 Å². The fourth-order valence-corrected chi connectivity index (χ4v) is 5.08. The zero-order chi connectivity index (χ0) is 37.3. The van der Waals surface area contributed by atoms with E-state index in [2.05, 4.69) is 58.2 Å². The maximum absolute atomic E-state index is 12.9. The third kappa shape index (κ3) is 10.4. The highest BCUT2D eigenvalue weighted by atomic mass is 32.1. The number of aryl methyl sites for hydroxylation is 2. The van der Waals surface area contributed by atoms with E-state index in [0.29, 0.717) is 22.7 Å². The average molecular weight is 720 g/mol. The zero-order valence-electron chi connectivity index (χ0n) is 28.4. The van der Waals surface area contributed by atoms with Crippen LogP contribution in [0.15, 0.2) is 76.8 Å². The first kappa shape index (κ1) is 38.2. The number of hydrogen-bond acceptors (Lipinski definition) is 9. The van der Waals surface area contributed by atoms with Crippen molar-refractivity contribution in [1.29, 1.82) is 5.26 Å². The van der Waals surface area contributed by atoms with Crippen LogP contribution in [0.25, 0.3) is 11.3 Å². The number of amidine groups is 1. The number of thiol groups is 1. The lowest BCUT2D eigenvalue weighted by atomic mass is 9.99. The van der Waals surface area contributed by atoms with E-state index in [0.717, 1.165) is 28.9 Å². The highest BCUT2D eigenvalue weighted by Gasteiger charge is 2.31. The summed E-state index contributed by atoms with van der Waals surface area (Å²) in [5.41, 5.74) is 7.58. The lowest BCUT2D eigenvalue weighted by molar-refractivity contribution is -0.274. The minimum atomic E-state index is -4.86. The summed E-state index contributed by atoms with van der Waals surface area (Å²) in [5.74, 6) is -1.28. The van der Waals surface area contributed by atoms with E-state index in [4.69, 9.17) is 9.73 Å². The van der Waals surface area contributed by atoms with Crippen molar-refractivity contribution in [3.8, 4) is 23.1 Å². The Hall–Kier alpha value is -5.62. The van der Waals surface area contributed by atoms with E-state index in [1.165, 1.54) is 16.8 Å². The molecule has 0 aliphatic heterocycles. The van der Waals surface area contributed by atoms with Gasteiger partial charge in [-0.25, -0.2) is 4.99 Å². The number of esters is 1. The number of nitrogens with zero attached hydrogens (tertiary/aromatic N) is 5. The Morgan fingerprint density at radius 3 is 2.37 bits per heavy atom. The molecule has 0 fully saturated rings. The van der Waals surface area contributed by atoms with Crippen molar-refractivity contribution in [2.45, 2.75) is 46.4 Å². The Kier molecular flexibility index (Phi) is 12.6. The average Bonchev–Trinajstić information content (AvgIpc) is 3.38. The largest absolute Gasteiger partial charge is 0.573 e. The second-order valence-corrected chi connectivity index (χ2v) is 12.1. The molecular formula is C36H36F3N7O4S. The van der Waals surface area contributed by atoms with Gasteiger partial charge in [-0.1, -0.05) is 57.2 Å². The van der Waals surface area contributed by atoms with Crippen molar-refractivity contribution in [3.63, 3.8) is 0 Å². The first-order valence-electron chi connectivity index (χ1n) is 15.7. The molecule has 3 aromatic carbocycles. The molecule has 1 heterocycles. The van der Waals surface area contributed by atoms with Crippen molar-refractivity contribution in [3.05, 3.63) is 94.5 Å². The number of hydrogen-bond donors (Lipinski definition) is 3. The second kappa shape index (κ2) is 16.9. The van der Waals surface area contributed by atoms with Crippen LogP contribution in [0.2, 0.25) is 0 Å². The molecule has 1 atom stereocenters. The van der Waals surface area contributed by atoms with E-state index in [1.807, 2.05) is 25.1 Å². The molecule has 0 radical (unpaired) electrons. The minimum Gasteiger partial charge on any atom is -0.455 e. The van der Waals surface area contributed by atoms with Gasteiger partial charge in [-0.05, 0) is 59.9 Å². The summed E-state index contributed by atoms with van der Waals surface area (Å²) in [6.07, 6.45) is -3.04. The second-order valence-electron chi connectivity index (χ2n) is 11.8. The number of nitrogens with one attached hydrogen (secondary N) is 2. The van der Waals surface area contributed by atoms with Crippen LogP contribution in [0.1, 0.15) is 65.7 Å². The molecule has 0 aliphatic rings. The Morgan fingerprint density at radius 2 is 1.76 bits per heavy atom. The van der Waals surface area contributed by atoms with Crippen LogP contribution in [0.4, 0.5) is 24.7 Å². The Bertz CT molecular complexity index is 1970. The third-order valence-electron chi connectivity index (χ3n) is 7.50. The number of anilines is 1. The molecule has 266 valence electrons. The molecule has 0 bridgehead atoms. The van der Waals surface area contributed by atoms with Gasteiger partial charge in [-0.15, -0.1) is 25.8 Å². The quantitative estimate of drug-likeness (QED) is 0.0341. The van der Waals surface area contributed by atoms with Gasteiger partial charge < -0.3 is 14.8 Å². The number of ether oxygens (including phenoxy) is 2. The molecule has 11 nitrogen and oxygen atoms in total. The summed E-state index contributed by atoms with van der Waals surface area (Å²) in [6.45, 7) is 7.88. The van der Waals surface area contributed by atoms with Gasteiger partial charge >= 0.3 is 12.3 Å². The van der Waals surface area contributed by atoms with Gasteiger partial charge in [0.2, 0.25) is 0 Å². The van der Waals surface area contributed by atoms with Gasteiger partial charge in [0.05, 0.1) is 17.8 Å². The maximum atomic E-state index is 12.9. The molecule has 0 spiro atoms. The van der Waals surface area contributed by atoms with E-state index in [1.54, 1.807) is 44.5 Å². The standard InChI is InChI=1S/C36H36F3N7O4S/c1-21(2)28-15-6-22(3)16-30(28)42-31(17-23(4)35(48)49-20-51)44-41-19-24-7-9-25(10-8-24)32-29(18-40)33(46(5)45-32)43-34(47)26-11-13-27(14-12-26)50-36(37,38)39/h6-16,19,21,23,51H,17,20H2,1-5H3,(H,42,44)(H,43,47)/b41-19+. The highest BCUT2D eigenvalue weighted by Crippen LogP contribution is 2.30. The van der Waals surface area contributed by atoms with Crippen LogP contribution in [0.3, 0.4) is 0 Å². The molecule has 51 heavy (non-hydrogen) atoms. The SMILES string of the molecule is Cc1ccc(C(C)C)c(N=C(CC(C)C(=O)OCS)N/N=C/c2ccc(-c3nn(C)c(NC(=O)c4ccc(OC(F)(F)F)cc4)c3C#N)cc2)c1. The molecule has 0 saturated carbocycles. The zero-order valence-corrected chi connectivity index (χ0v) is 29.3. The first-order chi connectivity index (χ1) is 24.2. The van der Waals surface area contributed by atoms with E-state index in [-0.39, 0.29) is 35.2 Å². The number of carbonyl (C=O) groups is 2. The van der Waals surface area contributed by atoms with Gasteiger partial charge in [-0.3, -0.25) is 19.7 Å². The molecule has 4 rings (SSSR count). The number of halogens is 3. The Morgan fingerprint density at radius 1 is 1.08 bits per heavy atom. The van der Waals surface area contributed by atoms with Gasteiger partial charge in [-0.2, -0.15) is 15.5 Å². The van der Waals surface area contributed by atoms with Crippen LogP contribution in [0, 0.1) is 24.2 Å². The summed E-state index contributed by atoms with van der Waals surface area (Å²) in [4.78, 5) is 30.1. The number of benzene rings is 3. The molecule has 2 N–H and O–H groups in total. The van der Waals surface area contributed by atoms with E-state index in [9.17, 15) is 28.0 Å². The van der Waals surface area contributed by atoms with E-state index >= 15 is 0 Å². The van der Waals surface area contributed by atoms with Gasteiger partial charge in [0.15, 0.2) is 0 Å². The van der Waals surface area contributed by atoms with Crippen LogP contribution in [0.5, 0.6) is 5.75 Å². The lowest BCUT2D eigenvalue weighted by Crippen LogP contribution is -2.25. The van der Waals surface area contributed by atoms with Crippen molar-refractivity contribution >= 4 is 48.1 Å². The van der Waals surface area contributed by atoms with Crippen molar-refractivity contribution in [2.75, 3.05) is 11.3 Å². The fraction of sp³-hybridized carbons (Fsp3) is 0.278. The molecule has 0 aliphatic carbocycles. The number of hydrazone groups is 1. The summed E-state index contributed by atoms with van der Waals surface area (Å²) in [6, 6.07) is 19.5. The molecular weight excluding hydrogens is 684 g/mol. The Labute approximate surface area is 298 Å². The van der Waals surface area contributed by atoms with Gasteiger partial charge in [0, 0.05) is 24.6 Å². The Balaban J connectivity index is 1.52. The monoisotopic (exact) mass is 719 g/mol. The number of carbonyl (C=O) groups excluding carboxylic acids is 2. The molecule has 1 unspecified atom stereocenters. The predicted molar refractivity (Wildman–Crippen MR) is 191 cm³/mol. The minimum absolute atomic E-state index is 0.0293. The number of amides is 1. The normalized spacial score (nSPS) is 12.5. The summed E-state index contributed by atoms with van der Waals surface area (Å²) in [5, 5.41) is 21.4. The number of nitriles is 1. The predicted octanol–water partition coefficient (Wildman–Crippen LogP) is 7.65. The van der Waals surface area contributed by atoms with Crippen LogP contribution >= 0.6 is 12.6 Å². The summed E-state index contributed by atoms with van der Waals surface area (Å²) >= 11 is 3.98. The van der Waals surface area contributed by atoms with E-state index < -0.39 is 29.9 Å². The molecule has 15 heteroatoms. The van der Waals surface area contributed by atoms with Crippen LogP contribution in [-0.2, 0) is 16.6 Å². The molecule has 4 aromatic rings.